The van der Waals surface area contributed by atoms with Crippen LogP contribution in [0, 0.1) is 5.41 Å². The number of pyridine rings is 1. The minimum atomic E-state index is -0.166. The van der Waals surface area contributed by atoms with Crippen molar-refractivity contribution in [2.45, 2.75) is 19.4 Å². The zero-order chi connectivity index (χ0) is 15.1. The third-order valence-corrected chi connectivity index (χ3v) is 3.99. The number of aromatic nitrogens is 1. The van der Waals surface area contributed by atoms with Crippen molar-refractivity contribution in [3.8, 4) is 0 Å². The predicted octanol–water partition coefficient (Wildman–Crippen LogP) is 0.402. The Morgan fingerprint density at radius 3 is 2.77 bits per heavy atom. The number of nitrogens with zero attached hydrogens (tertiary/aromatic N) is 1. The largest absolute Gasteiger partial charge is 0.384 e. The maximum atomic E-state index is 12.0. The monoisotopic (exact) mass is 329 g/mol. The zero-order valence-electron chi connectivity index (χ0n) is 12.8. The van der Waals surface area contributed by atoms with Crippen LogP contribution in [-0.2, 0) is 16.1 Å². The molecule has 2 N–H and O–H groups in total. The van der Waals surface area contributed by atoms with Gasteiger partial charge in [-0.15, -0.1) is 12.4 Å². The van der Waals surface area contributed by atoms with Crippen LogP contribution >= 0.6 is 12.4 Å². The van der Waals surface area contributed by atoms with Crippen molar-refractivity contribution in [1.29, 1.82) is 0 Å². The van der Waals surface area contributed by atoms with Crippen molar-refractivity contribution >= 4 is 18.3 Å². The summed E-state index contributed by atoms with van der Waals surface area (Å²) in [5.74, 6) is -0.141. The van der Waals surface area contributed by atoms with Gasteiger partial charge < -0.3 is 19.9 Å². The SMILES string of the molecule is COCC1(CNC(=O)Cn2ccccc2=O)CCNCC1.Cl. The Bertz CT molecular complexity index is 521. The number of hydrogen-bond donors (Lipinski definition) is 2. The second-order valence-electron chi connectivity index (χ2n) is 5.63. The van der Waals surface area contributed by atoms with Gasteiger partial charge in [0.25, 0.3) is 5.56 Å². The number of hydrogen-bond acceptors (Lipinski definition) is 4. The molecule has 1 aliphatic heterocycles. The van der Waals surface area contributed by atoms with Gasteiger partial charge in [0.05, 0.1) is 6.61 Å². The van der Waals surface area contributed by atoms with E-state index in [0.717, 1.165) is 25.9 Å². The van der Waals surface area contributed by atoms with Gasteiger partial charge in [-0.2, -0.15) is 0 Å². The summed E-state index contributed by atoms with van der Waals surface area (Å²) in [6.45, 7) is 3.17. The number of piperidine rings is 1. The Kier molecular flexibility index (Phi) is 7.58. The Labute approximate surface area is 136 Å². The Morgan fingerprint density at radius 1 is 1.41 bits per heavy atom. The fourth-order valence-corrected chi connectivity index (χ4v) is 2.72. The van der Waals surface area contributed by atoms with Gasteiger partial charge in [-0.05, 0) is 32.0 Å². The minimum absolute atomic E-state index is 0. The van der Waals surface area contributed by atoms with E-state index in [-0.39, 0.29) is 35.8 Å². The Hall–Kier alpha value is -1.37. The van der Waals surface area contributed by atoms with E-state index in [1.54, 1.807) is 25.4 Å². The molecule has 0 bridgehead atoms. The summed E-state index contributed by atoms with van der Waals surface area (Å²) in [6, 6.07) is 4.86. The van der Waals surface area contributed by atoms with E-state index in [9.17, 15) is 9.59 Å². The molecule has 1 aliphatic rings. The highest BCUT2D eigenvalue weighted by Gasteiger charge is 2.32. The topological polar surface area (TPSA) is 72.4 Å². The van der Waals surface area contributed by atoms with Crippen LogP contribution in [0.1, 0.15) is 12.8 Å². The molecule has 0 atom stereocenters. The number of carbonyl (C=O) groups is 1. The molecule has 0 spiro atoms. The van der Waals surface area contributed by atoms with Gasteiger partial charge in [-0.25, -0.2) is 0 Å². The van der Waals surface area contributed by atoms with E-state index >= 15 is 0 Å². The quantitative estimate of drug-likeness (QED) is 0.792. The summed E-state index contributed by atoms with van der Waals surface area (Å²) in [7, 11) is 1.69. The minimum Gasteiger partial charge on any atom is -0.384 e. The van der Waals surface area contributed by atoms with E-state index in [1.165, 1.54) is 10.6 Å². The smallest absolute Gasteiger partial charge is 0.250 e. The molecule has 6 nitrogen and oxygen atoms in total. The van der Waals surface area contributed by atoms with Crippen molar-refractivity contribution in [3.63, 3.8) is 0 Å². The van der Waals surface area contributed by atoms with E-state index < -0.39 is 0 Å². The van der Waals surface area contributed by atoms with Crippen LogP contribution in [0.15, 0.2) is 29.2 Å². The van der Waals surface area contributed by atoms with E-state index in [1.807, 2.05) is 0 Å². The molecule has 0 radical (unpaired) electrons. The summed E-state index contributed by atoms with van der Waals surface area (Å²) >= 11 is 0. The van der Waals surface area contributed by atoms with E-state index in [4.69, 9.17) is 4.74 Å². The number of halogens is 1. The number of amides is 1. The lowest BCUT2D eigenvalue weighted by molar-refractivity contribution is -0.122. The van der Waals surface area contributed by atoms with Gasteiger partial charge in [0, 0.05) is 31.3 Å². The second kappa shape index (κ2) is 8.92. The summed E-state index contributed by atoms with van der Waals surface area (Å²) in [5.41, 5.74) is -0.168. The lowest BCUT2D eigenvalue weighted by Gasteiger charge is -2.37. The van der Waals surface area contributed by atoms with E-state index in [2.05, 4.69) is 10.6 Å². The molecule has 2 rings (SSSR count). The van der Waals surface area contributed by atoms with Gasteiger partial charge in [0.15, 0.2) is 0 Å². The van der Waals surface area contributed by atoms with Crippen LogP contribution in [0.3, 0.4) is 0 Å². The molecule has 1 fully saturated rings. The maximum absolute atomic E-state index is 12.0. The molecule has 7 heteroatoms. The highest BCUT2D eigenvalue weighted by atomic mass is 35.5. The van der Waals surface area contributed by atoms with Gasteiger partial charge in [-0.3, -0.25) is 9.59 Å². The maximum Gasteiger partial charge on any atom is 0.250 e. The highest BCUT2D eigenvalue weighted by Crippen LogP contribution is 2.28. The Morgan fingerprint density at radius 2 is 2.14 bits per heavy atom. The van der Waals surface area contributed by atoms with Crippen LogP contribution in [0.25, 0.3) is 0 Å². The molecular formula is C15H24ClN3O3. The van der Waals surface area contributed by atoms with Gasteiger partial charge in [-0.1, -0.05) is 6.07 Å². The first-order valence-electron chi connectivity index (χ1n) is 7.27. The van der Waals surface area contributed by atoms with Crippen LogP contribution < -0.4 is 16.2 Å². The molecule has 0 aromatic carbocycles. The lowest BCUT2D eigenvalue weighted by Crippen LogP contribution is -2.47. The molecule has 0 unspecified atom stereocenters. The van der Waals surface area contributed by atoms with Crippen molar-refractivity contribution in [3.05, 3.63) is 34.7 Å². The third kappa shape index (κ3) is 5.12. The number of methoxy groups -OCH3 is 1. The van der Waals surface area contributed by atoms with Crippen molar-refractivity contribution < 1.29 is 9.53 Å². The summed E-state index contributed by atoms with van der Waals surface area (Å²) in [5, 5.41) is 6.27. The summed E-state index contributed by atoms with van der Waals surface area (Å²) < 4.78 is 6.72. The normalized spacial score (nSPS) is 16.6. The fourth-order valence-electron chi connectivity index (χ4n) is 2.72. The molecule has 1 amide bonds. The van der Waals surface area contributed by atoms with Crippen LogP contribution in [-0.4, -0.2) is 43.8 Å². The molecule has 0 saturated carbocycles. The first-order chi connectivity index (χ1) is 10.2. The van der Waals surface area contributed by atoms with Crippen molar-refractivity contribution in [2.75, 3.05) is 33.4 Å². The first kappa shape index (κ1) is 18.7. The second-order valence-corrected chi connectivity index (χ2v) is 5.63. The summed E-state index contributed by atoms with van der Waals surface area (Å²) in [4.78, 5) is 23.6. The van der Waals surface area contributed by atoms with Crippen LogP contribution in [0.5, 0.6) is 0 Å². The van der Waals surface area contributed by atoms with Gasteiger partial charge in [0.2, 0.25) is 5.91 Å². The van der Waals surface area contributed by atoms with Crippen LogP contribution in [0.4, 0.5) is 0 Å². The predicted molar refractivity (Wildman–Crippen MR) is 87.4 cm³/mol. The summed E-state index contributed by atoms with van der Waals surface area (Å²) in [6.07, 6.45) is 3.58. The number of carbonyl (C=O) groups excluding carboxylic acids is 1. The lowest BCUT2D eigenvalue weighted by atomic mass is 9.79. The van der Waals surface area contributed by atoms with Crippen molar-refractivity contribution in [2.24, 2.45) is 5.41 Å². The molecule has 1 saturated heterocycles. The van der Waals surface area contributed by atoms with Gasteiger partial charge >= 0.3 is 0 Å². The highest BCUT2D eigenvalue weighted by molar-refractivity contribution is 5.85. The third-order valence-electron chi connectivity index (χ3n) is 3.99. The zero-order valence-corrected chi connectivity index (χ0v) is 13.7. The number of nitrogens with one attached hydrogen (secondary N) is 2. The van der Waals surface area contributed by atoms with Crippen LogP contribution in [0.2, 0.25) is 0 Å². The molecule has 1 aromatic heterocycles. The molecule has 2 heterocycles. The average molecular weight is 330 g/mol. The molecule has 0 aliphatic carbocycles. The number of ether oxygens (including phenoxy) is 1. The molecule has 22 heavy (non-hydrogen) atoms. The Balaban J connectivity index is 0.00000242. The molecule has 1 aromatic rings. The average Bonchev–Trinajstić information content (AvgIpc) is 2.49. The van der Waals surface area contributed by atoms with Crippen molar-refractivity contribution in [1.82, 2.24) is 15.2 Å². The standard InChI is InChI=1S/C15H23N3O3.ClH/c1-21-12-15(5-7-16-8-6-15)11-17-13(19)10-18-9-3-2-4-14(18)20;/h2-4,9,16H,5-8,10-12H2,1H3,(H,17,19);1H. The molecular weight excluding hydrogens is 306 g/mol. The first-order valence-corrected chi connectivity index (χ1v) is 7.27. The van der Waals surface area contributed by atoms with E-state index in [0.29, 0.717) is 13.2 Å². The molecule has 124 valence electrons. The number of rotatable bonds is 6. The van der Waals surface area contributed by atoms with Gasteiger partial charge in [0.1, 0.15) is 6.54 Å². The fraction of sp³-hybridized carbons (Fsp3) is 0.600.